The molecule has 0 saturated carbocycles. The summed E-state index contributed by atoms with van der Waals surface area (Å²) in [5.41, 5.74) is 1.31. The van der Waals surface area contributed by atoms with E-state index in [1.54, 1.807) is 30.3 Å². The number of allylic oxidation sites excluding steroid dienone is 4. The molecule has 2 N–H and O–H groups in total. The van der Waals surface area contributed by atoms with Gasteiger partial charge in [0, 0.05) is 11.4 Å². The number of urea groups is 1. The highest BCUT2D eigenvalue weighted by molar-refractivity contribution is 6.17. The van der Waals surface area contributed by atoms with Gasteiger partial charge in [0.15, 0.2) is 6.07 Å². The van der Waals surface area contributed by atoms with Crippen LogP contribution in [-0.2, 0) is 0 Å². The lowest BCUT2D eigenvalue weighted by molar-refractivity contribution is 0.254. The van der Waals surface area contributed by atoms with Gasteiger partial charge in [0.25, 0.3) is 0 Å². The summed E-state index contributed by atoms with van der Waals surface area (Å²) in [4.78, 5) is 12.0. The van der Waals surface area contributed by atoms with Crippen molar-refractivity contribution in [2.24, 2.45) is 5.92 Å². The summed E-state index contributed by atoms with van der Waals surface area (Å²) in [5.74, 6) is 0.859. The van der Waals surface area contributed by atoms with Gasteiger partial charge in [0.1, 0.15) is 5.75 Å². The third-order valence-electron chi connectivity index (χ3n) is 2.75. The first kappa shape index (κ1) is 17.9. The number of amides is 2. The molecular weight excluding hydrogens is 300 g/mol. The van der Waals surface area contributed by atoms with Crippen LogP contribution < -0.4 is 15.4 Å². The van der Waals surface area contributed by atoms with E-state index in [2.05, 4.69) is 17.2 Å². The lowest BCUT2D eigenvalue weighted by Crippen LogP contribution is -2.27. The maximum atomic E-state index is 12.0. The molecule has 0 aliphatic rings. The van der Waals surface area contributed by atoms with Crippen molar-refractivity contribution in [1.82, 2.24) is 5.32 Å². The van der Waals surface area contributed by atoms with E-state index in [1.165, 1.54) is 0 Å². The number of hydrogen-bond acceptors (Lipinski definition) is 2. The van der Waals surface area contributed by atoms with E-state index in [1.807, 2.05) is 32.1 Å². The highest BCUT2D eigenvalue weighted by Crippen LogP contribution is 2.16. The minimum Gasteiger partial charge on any atom is -0.478 e. The lowest BCUT2D eigenvalue weighted by Gasteiger charge is -2.10. The maximum absolute atomic E-state index is 12.0. The fraction of sp³-hybridized carbons (Fsp3) is 0.235. The molecule has 1 aromatic rings. The van der Waals surface area contributed by atoms with E-state index in [9.17, 15) is 4.79 Å². The van der Waals surface area contributed by atoms with Gasteiger partial charge < -0.3 is 15.4 Å². The first-order valence-electron chi connectivity index (χ1n) is 6.93. The third-order valence-corrected chi connectivity index (χ3v) is 2.86. The molecule has 1 aromatic carbocycles. The summed E-state index contributed by atoms with van der Waals surface area (Å²) >= 11 is 5.47. The second-order valence-corrected chi connectivity index (χ2v) is 4.79. The van der Waals surface area contributed by atoms with E-state index in [0.717, 1.165) is 0 Å². The third kappa shape index (κ3) is 6.50. The van der Waals surface area contributed by atoms with Gasteiger partial charge in [-0.15, -0.1) is 0 Å². The Balaban J connectivity index is 2.62. The van der Waals surface area contributed by atoms with E-state index in [4.69, 9.17) is 16.3 Å². The van der Waals surface area contributed by atoms with Gasteiger partial charge in [-0.2, -0.15) is 0 Å². The Morgan fingerprint density at radius 2 is 2.09 bits per heavy atom. The van der Waals surface area contributed by atoms with Crippen molar-refractivity contribution in [3.63, 3.8) is 0 Å². The minimum atomic E-state index is -0.329. The zero-order chi connectivity index (χ0) is 16.4. The van der Waals surface area contributed by atoms with Gasteiger partial charge in [-0.1, -0.05) is 43.3 Å². The van der Waals surface area contributed by atoms with E-state index in [0.29, 0.717) is 17.1 Å². The number of rotatable bonds is 7. The van der Waals surface area contributed by atoms with Gasteiger partial charge in [-0.25, -0.2) is 4.79 Å². The minimum absolute atomic E-state index is 0.0884. The molecule has 0 saturated heterocycles. The zero-order valence-electron chi connectivity index (χ0n) is 12.8. The molecule has 0 fully saturated rings. The summed E-state index contributed by atoms with van der Waals surface area (Å²) < 4.78 is 5.12. The number of ether oxygens (including phenoxy) is 1. The van der Waals surface area contributed by atoms with Gasteiger partial charge in [-0.05, 0) is 43.2 Å². The Labute approximate surface area is 136 Å². The van der Waals surface area contributed by atoms with Crippen LogP contribution in [0.1, 0.15) is 13.8 Å². The molecule has 4 nitrogen and oxygen atoms in total. The van der Waals surface area contributed by atoms with Crippen molar-refractivity contribution in [1.29, 1.82) is 0 Å². The standard InChI is InChI=1S/C17H21ClN2O2/c1-4-6-13(3)11-14(5-2)19-17(21)20-15-7-9-16(10-8-15)22-12-18/h4-11,13H,2,12H2,1,3H3,(H2,19,20,21)/b6-4-,14-11+. The number of anilines is 1. The molecule has 0 radical (unpaired) electrons. The molecule has 2 amide bonds. The maximum Gasteiger partial charge on any atom is 0.323 e. The summed E-state index contributed by atoms with van der Waals surface area (Å²) in [5, 5.41) is 5.49. The van der Waals surface area contributed by atoms with Crippen molar-refractivity contribution in [2.45, 2.75) is 13.8 Å². The average Bonchev–Trinajstić information content (AvgIpc) is 2.49. The first-order valence-corrected chi connectivity index (χ1v) is 7.46. The largest absolute Gasteiger partial charge is 0.478 e. The fourth-order valence-corrected chi connectivity index (χ4v) is 1.92. The predicted octanol–water partition coefficient (Wildman–Crippen LogP) is 4.67. The van der Waals surface area contributed by atoms with Crippen LogP contribution in [0.5, 0.6) is 5.75 Å². The van der Waals surface area contributed by atoms with Crippen molar-refractivity contribution >= 4 is 23.3 Å². The van der Waals surface area contributed by atoms with Crippen LogP contribution in [-0.4, -0.2) is 12.1 Å². The van der Waals surface area contributed by atoms with E-state index >= 15 is 0 Å². The second kappa shape index (κ2) is 9.68. The van der Waals surface area contributed by atoms with Crippen LogP contribution in [0.25, 0.3) is 0 Å². The molecule has 1 atom stereocenters. The quantitative estimate of drug-likeness (QED) is 0.436. The van der Waals surface area contributed by atoms with Crippen LogP contribution >= 0.6 is 11.6 Å². The average molecular weight is 321 g/mol. The number of hydrogen-bond donors (Lipinski definition) is 2. The van der Waals surface area contributed by atoms with Gasteiger partial charge in [0.05, 0.1) is 0 Å². The van der Waals surface area contributed by atoms with Crippen molar-refractivity contribution in [2.75, 3.05) is 11.4 Å². The number of nitrogens with one attached hydrogen (secondary N) is 2. The fourth-order valence-electron chi connectivity index (χ4n) is 1.79. The van der Waals surface area contributed by atoms with Crippen LogP contribution in [0.3, 0.4) is 0 Å². The number of halogens is 1. The van der Waals surface area contributed by atoms with Crippen molar-refractivity contribution in [3.8, 4) is 5.75 Å². The monoisotopic (exact) mass is 320 g/mol. The van der Waals surface area contributed by atoms with Crippen LogP contribution in [0.2, 0.25) is 0 Å². The molecule has 0 aromatic heterocycles. The van der Waals surface area contributed by atoms with Crippen LogP contribution in [0.4, 0.5) is 10.5 Å². The molecule has 118 valence electrons. The first-order chi connectivity index (χ1) is 10.6. The molecule has 0 bridgehead atoms. The van der Waals surface area contributed by atoms with E-state index < -0.39 is 0 Å². The predicted molar refractivity (Wildman–Crippen MR) is 92.2 cm³/mol. The highest BCUT2D eigenvalue weighted by Gasteiger charge is 2.04. The van der Waals surface area contributed by atoms with Crippen molar-refractivity contribution < 1.29 is 9.53 Å². The van der Waals surface area contributed by atoms with Crippen LogP contribution in [0, 0.1) is 5.92 Å². The normalized spacial score (nSPS) is 12.8. The lowest BCUT2D eigenvalue weighted by atomic mass is 10.1. The zero-order valence-corrected chi connectivity index (χ0v) is 13.6. The molecule has 0 heterocycles. The summed E-state index contributed by atoms with van der Waals surface area (Å²) in [7, 11) is 0. The number of alkyl halides is 1. The summed E-state index contributed by atoms with van der Waals surface area (Å²) in [6.07, 6.45) is 7.52. The molecule has 0 aliphatic heterocycles. The van der Waals surface area contributed by atoms with Gasteiger partial charge in [0.2, 0.25) is 0 Å². The van der Waals surface area contributed by atoms with Crippen LogP contribution in [0.15, 0.2) is 60.8 Å². The number of benzene rings is 1. The highest BCUT2D eigenvalue weighted by atomic mass is 35.5. The second-order valence-electron chi connectivity index (χ2n) is 4.57. The Hall–Kier alpha value is -2.20. The SMILES string of the molecule is C=C/C(=C\C(C)/C=C\C)NC(=O)Nc1ccc(OCCl)cc1. The topological polar surface area (TPSA) is 50.4 Å². The molecule has 1 unspecified atom stereocenters. The molecule has 0 aliphatic carbocycles. The van der Waals surface area contributed by atoms with E-state index in [-0.39, 0.29) is 18.0 Å². The molecule has 22 heavy (non-hydrogen) atoms. The number of carbonyl (C=O) groups excluding carboxylic acids is 1. The molecule has 5 heteroatoms. The Bertz CT molecular complexity index is 550. The molecule has 0 spiro atoms. The molecule has 1 rings (SSSR count). The number of carbonyl (C=O) groups is 1. The summed E-state index contributed by atoms with van der Waals surface area (Å²) in [6, 6.07) is 6.70. The van der Waals surface area contributed by atoms with Gasteiger partial charge in [-0.3, -0.25) is 0 Å². The van der Waals surface area contributed by atoms with Gasteiger partial charge >= 0.3 is 6.03 Å². The Morgan fingerprint density at radius 1 is 1.41 bits per heavy atom. The molecular formula is C17H21ClN2O2. The van der Waals surface area contributed by atoms with Crippen molar-refractivity contribution in [3.05, 3.63) is 60.8 Å². The smallest absolute Gasteiger partial charge is 0.323 e. The Kier molecular flexibility index (Phi) is 7.86. The Morgan fingerprint density at radius 3 is 2.64 bits per heavy atom. The summed E-state index contributed by atoms with van der Waals surface area (Å²) in [6.45, 7) is 7.68.